The molecule has 0 spiro atoms. The molecule has 0 saturated heterocycles. The molecule has 2 aromatic heterocycles. The van der Waals surface area contributed by atoms with Gasteiger partial charge in [-0.1, -0.05) is 6.92 Å². The predicted molar refractivity (Wildman–Crippen MR) is 125 cm³/mol. The highest BCUT2D eigenvalue weighted by Gasteiger charge is 2.36. The first-order chi connectivity index (χ1) is 15.4. The Hall–Kier alpha value is -3.20. The fraction of sp³-hybridized carbons (Fsp3) is 0.348. The summed E-state index contributed by atoms with van der Waals surface area (Å²) in [6.07, 6.45) is 6.53. The highest BCUT2D eigenvalue weighted by molar-refractivity contribution is 7.98. The summed E-state index contributed by atoms with van der Waals surface area (Å²) < 4.78 is 10.7. The summed E-state index contributed by atoms with van der Waals surface area (Å²) in [6.45, 7) is 2.18. The van der Waals surface area contributed by atoms with Gasteiger partial charge >= 0.3 is 5.76 Å². The van der Waals surface area contributed by atoms with E-state index in [1.54, 1.807) is 36.0 Å². The lowest BCUT2D eigenvalue weighted by molar-refractivity contribution is -0.123. The third-order valence-electron chi connectivity index (χ3n) is 5.45. The molecule has 9 heteroatoms. The molecule has 1 aliphatic carbocycles. The number of H-pyrrole nitrogens is 1. The standard InChI is InChI=1S/C23H25N3O5S/c1-13-11-16(13)19-7-4-15(30-19)5-8-21(27)25-17(9-10-32-2)22(28)24-14-3-6-20-18(12-14)26-23(29)31-20/h3-8,12-13,16-17H,9-11H2,1-2H3,(H,24,28)(H,25,27)(H,26,29). The molecule has 3 N–H and O–H groups in total. The number of furan rings is 1. The Labute approximate surface area is 188 Å². The zero-order valence-corrected chi connectivity index (χ0v) is 18.7. The van der Waals surface area contributed by atoms with Crippen molar-refractivity contribution in [2.45, 2.75) is 31.7 Å². The normalized spacial score (nSPS) is 18.7. The number of carbonyl (C=O) groups excluding carboxylic acids is 2. The van der Waals surface area contributed by atoms with Gasteiger partial charge in [-0.2, -0.15) is 11.8 Å². The van der Waals surface area contributed by atoms with Crippen molar-refractivity contribution in [1.29, 1.82) is 0 Å². The van der Waals surface area contributed by atoms with Crippen LogP contribution in [0.15, 0.2) is 50.0 Å². The number of anilines is 1. The average molecular weight is 456 g/mol. The second-order valence-corrected chi connectivity index (χ2v) is 8.94. The van der Waals surface area contributed by atoms with Crippen molar-refractivity contribution in [1.82, 2.24) is 10.3 Å². The minimum atomic E-state index is -0.710. The molecule has 1 aromatic carbocycles. The first kappa shape index (κ1) is 22.0. The Balaban J connectivity index is 1.38. The van der Waals surface area contributed by atoms with Crippen molar-refractivity contribution >= 4 is 46.4 Å². The number of carbonyl (C=O) groups is 2. The maximum Gasteiger partial charge on any atom is 0.417 e. The molecule has 3 aromatic rings. The lowest BCUT2D eigenvalue weighted by atomic mass is 10.2. The number of benzene rings is 1. The van der Waals surface area contributed by atoms with Crippen LogP contribution in [-0.4, -0.2) is 34.8 Å². The van der Waals surface area contributed by atoms with Gasteiger partial charge in [0, 0.05) is 17.7 Å². The lowest BCUT2D eigenvalue weighted by Crippen LogP contribution is -2.43. The number of thioether (sulfide) groups is 1. The van der Waals surface area contributed by atoms with E-state index in [0.29, 0.717) is 46.6 Å². The van der Waals surface area contributed by atoms with Crippen molar-refractivity contribution in [3.05, 3.63) is 58.5 Å². The number of oxazole rings is 1. The quantitative estimate of drug-likeness (QED) is 0.423. The molecule has 2 heterocycles. The summed E-state index contributed by atoms with van der Waals surface area (Å²) >= 11 is 1.59. The molecular weight excluding hydrogens is 430 g/mol. The van der Waals surface area contributed by atoms with E-state index in [1.807, 2.05) is 18.4 Å². The van der Waals surface area contributed by atoms with Crippen molar-refractivity contribution in [3.63, 3.8) is 0 Å². The highest BCUT2D eigenvalue weighted by atomic mass is 32.2. The van der Waals surface area contributed by atoms with Gasteiger partial charge in [0.1, 0.15) is 17.6 Å². The van der Waals surface area contributed by atoms with E-state index in [4.69, 9.17) is 8.83 Å². The van der Waals surface area contributed by atoms with Crippen LogP contribution < -0.4 is 16.4 Å². The summed E-state index contributed by atoms with van der Waals surface area (Å²) in [5.74, 6) is 2.11. The van der Waals surface area contributed by atoms with Crippen LogP contribution in [0.25, 0.3) is 17.2 Å². The van der Waals surface area contributed by atoms with Gasteiger partial charge in [-0.3, -0.25) is 14.6 Å². The number of amides is 2. The van der Waals surface area contributed by atoms with Crippen molar-refractivity contribution in [2.75, 3.05) is 17.3 Å². The van der Waals surface area contributed by atoms with Gasteiger partial charge in [0.25, 0.3) is 0 Å². The molecular formula is C23H25N3O5S. The molecule has 1 fully saturated rings. The van der Waals surface area contributed by atoms with Crippen LogP contribution in [0.1, 0.15) is 37.2 Å². The Morgan fingerprint density at radius 3 is 2.84 bits per heavy atom. The molecule has 32 heavy (non-hydrogen) atoms. The van der Waals surface area contributed by atoms with Gasteiger partial charge in [0.2, 0.25) is 11.8 Å². The zero-order valence-electron chi connectivity index (χ0n) is 17.8. The second-order valence-electron chi connectivity index (χ2n) is 7.95. The van der Waals surface area contributed by atoms with Crippen LogP contribution in [0.5, 0.6) is 0 Å². The van der Waals surface area contributed by atoms with E-state index < -0.39 is 11.8 Å². The van der Waals surface area contributed by atoms with Gasteiger partial charge in [-0.15, -0.1) is 0 Å². The van der Waals surface area contributed by atoms with E-state index in [1.165, 1.54) is 6.08 Å². The third-order valence-corrected chi connectivity index (χ3v) is 6.10. The van der Waals surface area contributed by atoms with Gasteiger partial charge < -0.3 is 19.5 Å². The first-order valence-electron chi connectivity index (χ1n) is 10.4. The van der Waals surface area contributed by atoms with Crippen molar-refractivity contribution < 1.29 is 18.4 Å². The Morgan fingerprint density at radius 2 is 2.09 bits per heavy atom. The molecule has 0 radical (unpaired) electrons. The first-order valence-corrected chi connectivity index (χ1v) is 11.8. The van der Waals surface area contributed by atoms with Crippen LogP contribution in [0.3, 0.4) is 0 Å². The Kier molecular flexibility index (Phi) is 6.55. The fourth-order valence-corrected chi connectivity index (χ4v) is 3.99. The minimum Gasteiger partial charge on any atom is -0.461 e. The van der Waals surface area contributed by atoms with Gasteiger partial charge in [0.05, 0.1) is 5.52 Å². The monoisotopic (exact) mass is 455 g/mol. The maximum absolute atomic E-state index is 12.8. The van der Waals surface area contributed by atoms with Gasteiger partial charge in [0.15, 0.2) is 5.58 Å². The third kappa shape index (κ3) is 5.34. The van der Waals surface area contributed by atoms with Crippen LogP contribution in [-0.2, 0) is 9.59 Å². The van der Waals surface area contributed by atoms with Crippen LogP contribution in [0.2, 0.25) is 0 Å². The Bertz CT molecular complexity index is 1210. The summed E-state index contributed by atoms with van der Waals surface area (Å²) in [5.41, 5.74) is 1.39. The Morgan fingerprint density at radius 1 is 1.28 bits per heavy atom. The number of nitrogens with one attached hydrogen (secondary N) is 3. The summed E-state index contributed by atoms with van der Waals surface area (Å²) in [6, 6.07) is 7.93. The molecule has 4 rings (SSSR count). The summed E-state index contributed by atoms with van der Waals surface area (Å²) in [5, 5.41) is 5.55. The van der Waals surface area contributed by atoms with E-state index >= 15 is 0 Å². The molecule has 0 bridgehead atoms. The van der Waals surface area contributed by atoms with E-state index in [-0.39, 0.29) is 11.8 Å². The number of hydrogen-bond donors (Lipinski definition) is 3. The molecule has 3 atom stereocenters. The van der Waals surface area contributed by atoms with Gasteiger partial charge in [-0.25, -0.2) is 4.79 Å². The van der Waals surface area contributed by atoms with Gasteiger partial charge in [-0.05, 0) is 67.2 Å². The highest BCUT2D eigenvalue weighted by Crippen LogP contribution is 2.47. The lowest BCUT2D eigenvalue weighted by Gasteiger charge is -2.17. The molecule has 1 saturated carbocycles. The average Bonchev–Trinajstić information content (AvgIpc) is 3.14. The van der Waals surface area contributed by atoms with E-state index in [0.717, 1.165) is 12.2 Å². The predicted octanol–water partition coefficient (Wildman–Crippen LogP) is 3.73. The smallest absolute Gasteiger partial charge is 0.417 e. The second kappa shape index (κ2) is 9.52. The fourth-order valence-electron chi connectivity index (χ4n) is 3.52. The number of fused-ring (bicyclic) bond motifs is 1. The topological polar surface area (TPSA) is 117 Å². The molecule has 168 valence electrons. The van der Waals surface area contributed by atoms with E-state index in [9.17, 15) is 14.4 Å². The zero-order chi connectivity index (χ0) is 22.7. The molecule has 2 amide bonds. The van der Waals surface area contributed by atoms with Crippen LogP contribution in [0, 0.1) is 5.92 Å². The molecule has 8 nitrogen and oxygen atoms in total. The molecule has 0 aliphatic heterocycles. The molecule has 1 aliphatic rings. The summed E-state index contributed by atoms with van der Waals surface area (Å²) in [7, 11) is 0. The largest absolute Gasteiger partial charge is 0.461 e. The van der Waals surface area contributed by atoms with Crippen molar-refractivity contribution in [2.24, 2.45) is 5.92 Å². The number of rotatable bonds is 9. The SMILES string of the molecule is CSCCC(NC(=O)C=Cc1ccc(C2CC2C)o1)C(=O)Nc1ccc2oc(=O)[nH]c2c1. The maximum atomic E-state index is 12.8. The van der Waals surface area contributed by atoms with Crippen LogP contribution in [0.4, 0.5) is 5.69 Å². The van der Waals surface area contributed by atoms with Crippen LogP contribution >= 0.6 is 11.8 Å². The summed E-state index contributed by atoms with van der Waals surface area (Å²) in [4.78, 5) is 39.1. The minimum absolute atomic E-state index is 0.339. The number of hydrogen-bond acceptors (Lipinski definition) is 6. The number of aromatic nitrogens is 1. The molecule has 3 unspecified atom stereocenters. The van der Waals surface area contributed by atoms with E-state index in [2.05, 4.69) is 22.5 Å². The number of aromatic amines is 1. The van der Waals surface area contributed by atoms with Crippen molar-refractivity contribution in [3.8, 4) is 0 Å².